The van der Waals surface area contributed by atoms with Crippen molar-refractivity contribution in [2.45, 2.75) is 44.8 Å². The van der Waals surface area contributed by atoms with Crippen LogP contribution in [0.4, 0.5) is 13.2 Å². The van der Waals surface area contributed by atoms with Crippen molar-refractivity contribution in [2.75, 3.05) is 6.54 Å². The van der Waals surface area contributed by atoms with E-state index in [9.17, 15) is 18.0 Å². The van der Waals surface area contributed by atoms with Crippen LogP contribution in [0.15, 0.2) is 49.1 Å². The number of carbonyl (C=O) groups is 1. The lowest BCUT2D eigenvalue weighted by molar-refractivity contribution is -0.136. The van der Waals surface area contributed by atoms with E-state index in [1.165, 1.54) is 22.1 Å². The zero-order chi connectivity index (χ0) is 23.9. The summed E-state index contributed by atoms with van der Waals surface area (Å²) in [5, 5.41) is 0.809. The Morgan fingerprint density at radius 2 is 1.97 bits per heavy atom. The number of carbonyl (C=O) groups excluding carboxylic acids is 1. The molecule has 0 bridgehead atoms. The van der Waals surface area contributed by atoms with Crippen LogP contribution in [0.1, 0.15) is 46.0 Å². The van der Waals surface area contributed by atoms with E-state index in [4.69, 9.17) is 0 Å². The van der Waals surface area contributed by atoms with Gasteiger partial charge in [0, 0.05) is 31.4 Å². The van der Waals surface area contributed by atoms with Gasteiger partial charge in [0.15, 0.2) is 5.65 Å². The van der Waals surface area contributed by atoms with Crippen LogP contribution in [0.25, 0.3) is 16.1 Å². The number of nitrogens with zero attached hydrogens (tertiary/aromatic N) is 5. The molecule has 34 heavy (non-hydrogen) atoms. The van der Waals surface area contributed by atoms with Crippen LogP contribution in [0.5, 0.6) is 0 Å². The predicted octanol–water partition coefficient (Wildman–Crippen LogP) is 5.42. The minimum atomic E-state index is -4.54. The summed E-state index contributed by atoms with van der Waals surface area (Å²) in [6.07, 6.45) is 2.08. The van der Waals surface area contributed by atoms with Gasteiger partial charge in [-0.05, 0) is 31.7 Å². The zero-order valence-electron chi connectivity index (χ0n) is 18.4. The number of fused-ring (bicyclic) bond motifs is 1. The molecule has 0 N–H and O–H groups in total. The molecular weight excluding hydrogens is 463 g/mol. The van der Waals surface area contributed by atoms with Gasteiger partial charge < -0.3 is 4.90 Å². The molecule has 0 aliphatic carbocycles. The molecule has 4 aromatic rings. The average molecular weight is 486 g/mol. The normalized spacial score (nSPS) is 16.8. The molecule has 1 fully saturated rings. The van der Waals surface area contributed by atoms with Crippen LogP contribution in [-0.4, -0.2) is 42.7 Å². The Kier molecular flexibility index (Phi) is 5.85. The van der Waals surface area contributed by atoms with Crippen LogP contribution in [0.3, 0.4) is 0 Å². The van der Waals surface area contributed by atoms with Crippen molar-refractivity contribution in [2.24, 2.45) is 0 Å². The van der Waals surface area contributed by atoms with Gasteiger partial charge in [-0.25, -0.2) is 15.0 Å². The molecule has 0 radical (unpaired) electrons. The predicted molar refractivity (Wildman–Crippen MR) is 123 cm³/mol. The second-order valence-electron chi connectivity index (χ2n) is 8.40. The Morgan fingerprint density at radius 1 is 1.18 bits per heavy atom. The van der Waals surface area contributed by atoms with Crippen molar-refractivity contribution in [3.63, 3.8) is 0 Å². The molecule has 1 saturated heterocycles. The first-order valence-electron chi connectivity index (χ1n) is 11.0. The van der Waals surface area contributed by atoms with Gasteiger partial charge in [-0.3, -0.25) is 9.20 Å². The number of aromatic nitrogens is 4. The number of rotatable bonds is 4. The van der Waals surface area contributed by atoms with Crippen molar-refractivity contribution in [1.29, 1.82) is 0 Å². The van der Waals surface area contributed by atoms with E-state index in [0.717, 1.165) is 40.9 Å². The van der Waals surface area contributed by atoms with Gasteiger partial charge in [0.1, 0.15) is 17.6 Å². The number of amides is 1. The van der Waals surface area contributed by atoms with E-state index in [1.54, 1.807) is 6.20 Å². The van der Waals surface area contributed by atoms with Crippen molar-refractivity contribution >= 4 is 22.9 Å². The molecule has 0 saturated carbocycles. The Bertz CT molecular complexity index is 1330. The van der Waals surface area contributed by atoms with Crippen LogP contribution in [0, 0.1) is 6.92 Å². The highest BCUT2D eigenvalue weighted by molar-refractivity contribution is 7.15. The first kappa shape index (κ1) is 22.5. The molecule has 5 rings (SSSR count). The fraction of sp³-hybridized carbons (Fsp3) is 0.333. The van der Waals surface area contributed by atoms with Gasteiger partial charge in [-0.15, -0.1) is 11.3 Å². The number of piperidine rings is 1. The molecule has 6 nitrogen and oxygen atoms in total. The van der Waals surface area contributed by atoms with E-state index >= 15 is 0 Å². The maximum absolute atomic E-state index is 13.7. The van der Waals surface area contributed by atoms with E-state index < -0.39 is 11.7 Å². The van der Waals surface area contributed by atoms with Gasteiger partial charge in [-0.1, -0.05) is 30.3 Å². The number of hydrogen-bond acceptors (Lipinski definition) is 5. The second-order valence-corrected chi connectivity index (χ2v) is 9.60. The lowest BCUT2D eigenvalue weighted by Gasteiger charge is -2.35. The maximum atomic E-state index is 13.7. The smallest absolute Gasteiger partial charge is 0.334 e. The Hall–Kier alpha value is -3.27. The molecule has 3 aromatic heterocycles. The number of aryl methyl sites for hydroxylation is 1. The number of likely N-dealkylation sites (tertiary alicyclic amines) is 1. The molecule has 4 heterocycles. The lowest BCUT2D eigenvalue weighted by atomic mass is 9.97. The molecule has 0 unspecified atom stereocenters. The highest BCUT2D eigenvalue weighted by Crippen LogP contribution is 2.34. The summed E-state index contributed by atoms with van der Waals surface area (Å²) in [5.41, 5.74) is 0.827. The highest BCUT2D eigenvalue weighted by atomic mass is 32.1. The largest absolute Gasteiger partial charge is 0.421 e. The molecule has 1 aromatic carbocycles. The third kappa shape index (κ3) is 4.29. The number of imidazole rings is 1. The lowest BCUT2D eigenvalue weighted by Crippen LogP contribution is -2.45. The minimum absolute atomic E-state index is 0.144. The fourth-order valence-electron chi connectivity index (χ4n) is 4.48. The number of thiazole rings is 1. The summed E-state index contributed by atoms with van der Waals surface area (Å²) >= 11 is 1.48. The Balaban J connectivity index is 1.45. The summed E-state index contributed by atoms with van der Waals surface area (Å²) in [4.78, 5) is 28.8. The van der Waals surface area contributed by atoms with Crippen LogP contribution in [0.2, 0.25) is 0 Å². The van der Waals surface area contributed by atoms with Crippen molar-refractivity contribution in [3.8, 4) is 10.4 Å². The molecule has 1 aliphatic rings. The van der Waals surface area contributed by atoms with Crippen LogP contribution >= 0.6 is 11.3 Å². The van der Waals surface area contributed by atoms with Crippen molar-refractivity contribution in [3.05, 3.63) is 71.0 Å². The summed E-state index contributed by atoms with van der Waals surface area (Å²) < 4.78 is 41.4. The standard InChI is InChI=1S/C24H22F3N5OS/c1-15-29-20(21(34-15)16-7-3-2-4-8-16)23(33)32-10-6-5-9-18(32)11-17-13-31-14-28-12-19(22(31)30-17)24(25,26)27/h2-4,7-8,12-14,18H,5-6,9-11H2,1H3/t18-/m0/s1. The molecule has 10 heteroatoms. The van der Waals surface area contributed by atoms with E-state index in [-0.39, 0.29) is 17.6 Å². The highest BCUT2D eigenvalue weighted by Gasteiger charge is 2.35. The molecular formula is C24H22F3N5OS. The third-order valence-corrected chi connectivity index (χ3v) is 7.05. The molecule has 176 valence electrons. The molecule has 0 spiro atoms. The minimum Gasteiger partial charge on any atom is -0.334 e. The van der Waals surface area contributed by atoms with Gasteiger partial charge >= 0.3 is 6.18 Å². The first-order chi connectivity index (χ1) is 16.3. The third-order valence-electron chi connectivity index (χ3n) is 6.03. The van der Waals surface area contributed by atoms with Gasteiger partial charge in [-0.2, -0.15) is 13.2 Å². The topological polar surface area (TPSA) is 63.4 Å². The van der Waals surface area contributed by atoms with Crippen molar-refractivity contribution < 1.29 is 18.0 Å². The van der Waals surface area contributed by atoms with Gasteiger partial charge in [0.2, 0.25) is 0 Å². The number of halogens is 3. The van der Waals surface area contributed by atoms with Crippen molar-refractivity contribution in [1.82, 2.24) is 24.3 Å². The van der Waals surface area contributed by atoms with E-state index in [2.05, 4.69) is 15.0 Å². The monoisotopic (exact) mass is 485 g/mol. The molecule has 1 amide bonds. The van der Waals surface area contributed by atoms with Crippen LogP contribution < -0.4 is 0 Å². The Labute approximate surface area is 198 Å². The van der Waals surface area contributed by atoms with Gasteiger partial charge in [0.25, 0.3) is 5.91 Å². The summed E-state index contributed by atoms with van der Waals surface area (Å²) in [7, 11) is 0. The number of alkyl halides is 3. The second kappa shape index (κ2) is 8.83. The molecule has 1 aliphatic heterocycles. The average Bonchev–Trinajstić information content (AvgIpc) is 3.41. The number of benzene rings is 1. The van der Waals surface area contributed by atoms with Gasteiger partial charge in [0.05, 0.1) is 15.6 Å². The summed E-state index contributed by atoms with van der Waals surface area (Å²) in [6.45, 7) is 2.46. The maximum Gasteiger partial charge on any atom is 0.421 e. The quantitative estimate of drug-likeness (QED) is 0.387. The zero-order valence-corrected chi connectivity index (χ0v) is 19.2. The fourth-order valence-corrected chi connectivity index (χ4v) is 5.40. The summed E-state index contributed by atoms with van der Waals surface area (Å²) in [6, 6.07) is 9.53. The summed E-state index contributed by atoms with van der Waals surface area (Å²) in [5.74, 6) is -0.144. The van der Waals surface area contributed by atoms with Crippen LogP contribution in [-0.2, 0) is 12.6 Å². The van der Waals surface area contributed by atoms with E-state index in [0.29, 0.717) is 24.4 Å². The molecule has 1 atom stereocenters. The Morgan fingerprint density at radius 3 is 2.74 bits per heavy atom. The van der Waals surface area contributed by atoms with E-state index in [1.807, 2.05) is 42.2 Å². The SMILES string of the molecule is Cc1nc(C(=O)N2CCCC[C@H]2Cc2cn3cncc(C(F)(F)F)c3n2)c(-c2ccccc2)s1. The first-order valence-corrected chi connectivity index (χ1v) is 11.9. The number of hydrogen-bond donors (Lipinski definition) is 0.